The molecule has 1 atom stereocenters. The molecule has 1 fully saturated rings. The van der Waals surface area contributed by atoms with Crippen LogP contribution >= 0.6 is 23.8 Å². The largest absolute Gasteiger partial charge is 0.329 e. The smallest absolute Gasteiger partial charge is 0.178 e. The van der Waals surface area contributed by atoms with Gasteiger partial charge in [0.2, 0.25) is 0 Å². The molecule has 0 radical (unpaired) electrons. The van der Waals surface area contributed by atoms with Gasteiger partial charge in [-0.25, -0.2) is 0 Å². The van der Waals surface area contributed by atoms with Crippen molar-refractivity contribution in [2.24, 2.45) is 0 Å². The molecule has 0 aliphatic heterocycles. The lowest BCUT2D eigenvalue weighted by Gasteiger charge is -2.25. The van der Waals surface area contributed by atoms with Crippen LogP contribution in [0.2, 0.25) is 5.02 Å². The molecule has 1 saturated carbocycles. The predicted octanol–water partition coefficient (Wildman–Crippen LogP) is 3.83. The number of hydrogen-bond donors (Lipinski definition) is 1. The maximum atomic E-state index is 6.20. The van der Waals surface area contributed by atoms with Crippen molar-refractivity contribution >= 4 is 34.9 Å². The second kappa shape index (κ2) is 4.93. The van der Waals surface area contributed by atoms with E-state index in [1.54, 1.807) is 0 Å². The summed E-state index contributed by atoms with van der Waals surface area (Å²) in [5.41, 5.74) is 2.03. The van der Waals surface area contributed by atoms with E-state index >= 15 is 0 Å². The minimum atomic E-state index is 0.470. The number of H-pyrrole nitrogens is 1. The van der Waals surface area contributed by atoms with Gasteiger partial charge in [0.25, 0.3) is 0 Å². The molecular formula is C14H18ClN3S. The molecule has 1 aliphatic carbocycles. The third kappa shape index (κ3) is 2.45. The van der Waals surface area contributed by atoms with Gasteiger partial charge in [-0.1, -0.05) is 17.7 Å². The molecule has 1 aromatic carbocycles. The first-order valence-electron chi connectivity index (χ1n) is 6.67. The molecule has 19 heavy (non-hydrogen) atoms. The van der Waals surface area contributed by atoms with E-state index < -0.39 is 0 Å². The van der Waals surface area contributed by atoms with Crippen molar-refractivity contribution in [2.45, 2.75) is 38.4 Å². The Labute approximate surface area is 123 Å². The number of rotatable bonds is 4. The van der Waals surface area contributed by atoms with Crippen LogP contribution < -0.4 is 0 Å². The van der Waals surface area contributed by atoms with E-state index in [1.807, 2.05) is 12.1 Å². The molecule has 3 rings (SSSR count). The molecule has 1 aromatic heterocycles. The van der Waals surface area contributed by atoms with Gasteiger partial charge in [-0.05, 0) is 51.2 Å². The number of nitrogens with one attached hydrogen (secondary N) is 1. The van der Waals surface area contributed by atoms with Gasteiger partial charge >= 0.3 is 0 Å². The molecule has 2 aromatic rings. The summed E-state index contributed by atoms with van der Waals surface area (Å²) in [6.07, 6.45) is 2.65. The zero-order chi connectivity index (χ0) is 13.6. The van der Waals surface area contributed by atoms with Crippen LogP contribution in [0.4, 0.5) is 0 Å². The van der Waals surface area contributed by atoms with E-state index in [2.05, 4.69) is 34.5 Å². The normalized spacial score (nSPS) is 17.3. The van der Waals surface area contributed by atoms with Gasteiger partial charge in [0, 0.05) is 18.6 Å². The lowest BCUT2D eigenvalue weighted by atomic mass is 10.2. The molecule has 0 bridgehead atoms. The van der Waals surface area contributed by atoms with Gasteiger partial charge in [-0.3, -0.25) is 4.90 Å². The molecule has 1 unspecified atom stereocenters. The summed E-state index contributed by atoms with van der Waals surface area (Å²) >= 11 is 11.6. The summed E-state index contributed by atoms with van der Waals surface area (Å²) in [5.74, 6) is 0. The van der Waals surface area contributed by atoms with Crippen molar-refractivity contribution in [2.75, 3.05) is 7.05 Å². The number of likely N-dealkylation sites (N-methyl/N-ethyl adjacent to an activating group) is 1. The zero-order valence-electron chi connectivity index (χ0n) is 11.2. The van der Waals surface area contributed by atoms with Crippen LogP contribution in [0.15, 0.2) is 18.2 Å². The number of fused-ring (bicyclic) bond motifs is 1. The van der Waals surface area contributed by atoms with Crippen molar-refractivity contribution in [3.63, 3.8) is 0 Å². The van der Waals surface area contributed by atoms with Crippen LogP contribution in [0.5, 0.6) is 0 Å². The lowest BCUT2D eigenvalue weighted by Crippen LogP contribution is -2.34. The highest BCUT2D eigenvalue weighted by molar-refractivity contribution is 7.71. The van der Waals surface area contributed by atoms with E-state index in [0.717, 1.165) is 33.4 Å². The van der Waals surface area contributed by atoms with E-state index in [9.17, 15) is 0 Å². The average Bonchev–Trinajstić information content (AvgIpc) is 3.17. The first kappa shape index (κ1) is 13.2. The number of imidazole rings is 1. The molecule has 1 heterocycles. The van der Waals surface area contributed by atoms with Gasteiger partial charge in [0.05, 0.1) is 16.1 Å². The minimum absolute atomic E-state index is 0.470. The van der Waals surface area contributed by atoms with Gasteiger partial charge in [-0.15, -0.1) is 0 Å². The first-order chi connectivity index (χ1) is 9.08. The van der Waals surface area contributed by atoms with Crippen LogP contribution in [0.25, 0.3) is 11.0 Å². The van der Waals surface area contributed by atoms with E-state index in [4.69, 9.17) is 23.8 Å². The van der Waals surface area contributed by atoms with Gasteiger partial charge in [0.1, 0.15) is 0 Å². The molecule has 1 N–H and O–H groups in total. The second-order valence-corrected chi connectivity index (χ2v) is 6.21. The molecule has 3 nitrogen and oxygen atoms in total. The quantitative estimate of drug-likeness (QED) is 0.867. The number of aromatic amines is 1. The maximum absolute atomic E-state index is 6.20. The number of aromatic nitrogens is 2. The van der Waals surface area contributed by atoms with Crippen molar-refractivity contribution in [1.82, 2.24) is 14.5 Å². The molecule has 1 aliphatic rings. The fourth-order valence-corrected chi connectivity index (χ4v) is 3.05. The lowest BCUT2D eigenvalue weighted by molar-refractivity contribution is 0.226. The Hall–Kier alpha value is -0.840. The second-order valence-electron chi connectivity index (χ2n) is 5.42. The van der Waals surface area contributed by atoms with Crippen molar-refractivity contribution < 1.29 is 0 Å². The molecule has 0 saturated heterocycles. The minimum Gasteiger partial charge on any atom is -0.329 e. The standard InChI is InChI=1S/C14H18ClN3S/c1-9(17(2)10-6-7-10)8-18-12-5-3-4-11(15)13(12)16-14(18)19/h3-5,9-10H,6-8H2,1-2H3,(H,16,19). The fraction of sp³-hybridized carbons (Fsp3) is 0.500. The van der Waals surface area contributed by atoms with Gasteiger partial charge < -0.3 is 9.55 Å². The first-order valence-corrected chi connectivity index (χ1v) is 7.45. The number of halogens is 1. The number of hydrogen-bond acceptors (Lipinski definition) is 2. The van der Waals surface area contributed by atoms with E-state index in [1.165, 1.54) is 12.8 Å². The third-order valence-corrected chi connectivity index (χ3v) is 4.66. The topological polar surface area (TPSA) is 24.0 Å². The SMILES string of the molecule is CC(Cn1c(=S)[nH]c2c(Cl)cccc21)N(C)C1CC1. The van der Waals surface area contributed by atoms with Crippen LogP contribution in [-0.4, -0.2) is 33.6 Å². The third-order valence-electron chi connectivity index (χ3n) is 4.02. The Morgan fingerprint density at radius 3 is 2.95 bits per heavy atom. The summed E-state index contributed by atoms with van der Waals surface area (Å²) in [4.78, 5) is 5.66. The van der Waals surface area contributed by atoms with E-state index in [-0.39, 0.29) is 0 Å². The molecule has 102 valence electrons. The predicted molar refractivity (Wildman–Crippen MR) is 82.4 cm³/mol. The fourth-order valence-electron chi connectivity index (χ4n) is 2.56. The maximum Gasteiger partial charge on any atom is 0.178 e. The van der Waals surface area contributed by atoms with Crippen LogP contribution in [0, 0.1) is 4.77 Å². The number of benzene rings is 1. The molecular weight excluding hydrogens is 278 g/mol. The highest BCUT2D eigenvalue weighted by Gasteiger charge is 2.29. The van der Waals surface area contributed by atoms with Gasteiger partial charge in [0.15, 0.2) is 4.77 Å². The Morgan fingerprint density at radius 1 is 1.53 bits per heavy atom. The van der Waals surface area contributed by atoms with Crippen LogP contribution in [0.1, 0.15) is 19.8 Å². The molecule has 0 amide bonds. The summed E-state index contributed by atoms with van der Waals surface area (Å²) in [6.45, 7) is 3.15. The Kier molecular flexibility index (Phi) is 3.41. The molecule has 0 spiro atoms. The zero-order valence-corrected chi connectivity index (χ0v) is 12.8. The highest BCUT2D eigenvalue weighted by atomic mass is 35.5. The highest BCUT2D eigenvalue weighted by Crippen LogP contribution is 2.28. The summed E-state index contributed by atoms with van der Waals surface area (Å²) in [7, 11) is 2.20. The monoisotopic (exact) mass is 295 g/mol. The summed E-state index contributed by atoms with van der Waals surface area (Å²) in [6, 6.07) is 7.16. The summed E-state index contributed by atoms with van der Waals surface area (Å²) in [5, 5.41) is 0.727. The van der Waals surface area contributed by atoms with Gasteiger partial charge in [-0.2, -0.15) is 0 Å². The van der Waals surface area contributed by atoms with Crippen LogP contribution in [0.3, 0.4) is 0 Å². The number of nitrogens with zero attached hydrogens (tertiary/aromatic N) is 2. The Morgan fingerprint density at radius 2 is 2.26 bits per heavy atom. The van der Waals surface area contributed by atoms with Crippen LogP contribution in [-0.2, 0) is 6.54 Å². The van der Waals surface area contributed by atoms with Crippen molar-refractivity contribution in [3.8, 4) is 0 Å². The molecule has 5 heteroatoms. The Bertz CT molecular complexity index is 656. The Balaban J connectivity index is 1.94. The number of para-hydroxylation sites is 1. The van der Waals surface area contributed by atoms with E-state index in [0.29, 0.717) is 6.04 Å². The van der Waals surface area contributed by atoms with Crippen molar-refractivity contribution in [1.29, 1.82) is 0 Å². The average molecular weight is 296 g/mol. The van der Waals surface area contributed by atoms with Crippen molar-refractivity contribution in [3.05, 3.63) is 28.0 Å². The summed E-state index contributed by atoms with van der Waals surface area (Å²) < 4.78 is 2.90.